The van der Waals surface area contributed by atoms with Crippen molar-refractivity contribution in [1.29, 1.82) is 0 Å². The van der Waals surface area contributed by atoms with E-state index in [1.807, 2.05) is 17.9 Å². The van der Waals surface area contributed by atoms with Gasteiger partial charge in [0, 0.05) is 45.5 Å². The highest BCUT2D eigenvalue weighted by Gasteiger charge is 2.44. The fraction of sp³-hybridized carbons (Fsp3) is 0.588. The monoisotopic (exact) mass is 317 g/mol. The normalized spacial score (nSPS) is 21.3. The Hall–Kier alpha value is -1.95. The second-order valence-corrected chi connectivity index (χ2v) is 6.17. The number of aromatic nitrogens is 1. The van der Waals surface area contributed by atoms with Crippen molar-refractivity contribution in [2.45, 2.75) is 31.7 Å². The predicted octanol–water partition coefficient (Wildman–Crippen LogP) is 1.33. The summed E-state index contributed by atoms with van der Waals surface area (Å²) in [5, 5.41) is 0. The number of carbonyl (C=O) groups excluding carboxylic acids is 2. The lowest BCUT2D eigenvalue weighted by Crippen LogP contribution is -2.58. The van der Waals surface area contributed by atoms with Crippen molar-refractivity contribution in [3.8, 4) is 0 Å². The quantitative estimate of drug-likeness (QED) is 0.825. The Morgan fingerprint density at radius 3 is 2.78 bits per heavy atom. The lowest BCUT2D eigenvalue weighted by Gasteiger charge is -2.46. The van der Waals surface area contributed by atoms with Crippen LogP contribution in [0.25, 0.3) is 0 Å². The maximum absolute atomic E-state index is 12.8. The predicted molar refractivity (Wildman–Crippen MR) is 84.9 cm³/mol. The zero-order valence-corrected chi connectivity index (χ0v) is 13.5. The van der Waals surface area contributed by atoms with Gasteiger partial charge in [-0.2, -0.15) is 0 Å². The first kappa shape index (κ1) is 15.9. The van der Waals surface area contributed by atoms with E-state index in [1.165, 1.54) is 0 Å². The summed E-state index contributed by atoms with van der Waals surface area (Å²) in [6.07, 6.45) is 3.55. The van der Waals surface area contributed by atoms with Gasteiger partial charge in [0.15, 0.2) is 0 Å². The van der Waals surface area contributed by atoms with Crippen LogP contribution in [-0.2, 0) is 9.53 Å². The summed E-state index contributed by atoms with van der Waals surface area (Å²) in [5.74, 6) is 0.0351. The molecule has 1 spiro atoms. The second-order valence-electron chi connectivity index (χ2n) is 6.17. The minimum absolute atomic E-state index is 0.0952. The Kier molecular flexibility index (Phi) is 4.61. The van der Waals surface area contributed by atoms with Gasteiger partial charge in [0.05, 0.1) is 5.54 Å². The molecule has 3 rings (SSSR count). The summed E-state index contributed by atoms with van der Waals surface area (Å²) in [4.78, 5) is 33.3. The molecule has 0 saturated carbocycles. The first-order chi connectivity index (χ1) is 11.2. The van der Waals surface area contributed by atoms with Gasteiger partial charge in [0.25, 0.3) is 5.91 Å². The van der Waals surface area contributed by atoms with E-state index in [2.05, 4.69) is 4.98 Å². The van der Waals surface area contributed by atoms with E-state index in [0.29, 0.717) is 45.0 Å². The van der Waals surface area contributed by atoms with Crippen LogP contribution in [0.15, 0.2) is 24.4 Å². The molecule has 0 radical (unpaired) electrons. The van der Waals surface area contributed by atoms with Gasteiger partial charge in [0.1, 0.15) is 5.69 Å². The van der Waals surface area contributed by atoms with Crippen LogP contribution < -0.4 is 0 Å². The average molecular weight is 317 g/mol. The number of likely N-dealkylation sites (N-methyl/N-ethyl adjacent to an activating group) is 1. The second kappa shape index (κ2) is 6.66. The molecule has 124 valence electrons. The number of rotatable bonds is 2. The number of nitrogens with zero attached hydrogens (tertiary/aromatic N) is 3. The number of ether oxygens (including phenoxy) is 1. The molecule has 0 bridgehead atoms. The Bertz CT molecular complexity index is 570. The van der Waals surface area contributed by atoms with E-state index in [9.17, 15) is 9.59 Å². The van der Waals surface area contributed by atoms with E-state index in [0.717, 1.165) is 12.8 Å². The Morgan fingerprint density at radius 2 is 2.13 bits per heavy atom. The summed E-state index contributed by atoms with van der Waals surface area (Å²) in [7, 11) is 0. The van der Waals surface area contributed by atoms with Gasteiger partial charge < -0.3 is 14.5 Å². The van der Waals surface area contributed by atoms with Crippen LogP contribution >= 0.6 is 0 Å². The van der Waals surface area contributed by atoms with Crippen molar-refractivity contribution in [3.63, 3.8) is 0 Å². The van der Waals surface area contributed by atoms with Crippen LogP contribution in [0, 0.1) is 0 Å². The van der Waals surface area contributed by atoms with E-state index in [-0.39, 0.29) is 17.4 Å². The van der Waals surface area contributed by atoms with Crippen LogP contribution in [-0.4, -0.2) is 65.0 Å². The molecule has 6 heteroatoms. The first-order valence-corrected chi connectivity index (χ1v) is 8.25. The van der Waals surface area contributed by atoms with Gasteiger partial charge in [-0.3, -0.25) is 14.6 Å². The lowest BCUT2D eigenvalue weighted by molar-refractivity contribution is -0.139. The first-order valence-electron chi connectivity index (χ1n) is 8.25. The summed E-state index contributed by atoms with van der Waals surface area (Å²) in [5.41, 5.74) is 0.137. The molecule has 2 amide bonds. The summed E-state index contributed by atoms with van der Waals surface area (Å²) >= 11 is 0. The van der Waals surface area contributed by atoms with Crippen molar-refractivity contribution in [2.24, 2.45) is 0 Å². The molecule has 2 aliphatic heterocycles. The van der Waals surface area contributed by atoms with E-state index in [1.54, 1.807) is 23.2 Å². The van der Waals surface area contributed by atoms with Crippen LogP contribution in [0.1, 0.15) is 36.7 Å². The van der Waals surface area contributed by atoms with E-state index in [4.69, 9.17) is 4.74 Å². The molecule has 2 fully saturated rings. The molecular formula is C17H23N3O3. The topological polar surface area (TPSA) is 62.7 Å². The molecule has 1 aromatic heterocycles. The van der Waals surface area contributed by atoms with Gasteiger partial charge in [-0.05, 0) is 31.9 Å². The van der Waals surface area contributed by atoms with Crippen LogP contribution in [0.3, 0.4) is 0 Å². The number of carbonyl (C=O) groups is 2. The molecule has 6 nitrogen and oxygen atoms in total. The molecule has 0 N–H and O–H groups in total. The number of hydrogen-bond acceptors (Lipinski definition) is 4. The van der Waals surface area contributed by atoms with Gasteiger partial charge in [-0.25, -0.2) is 0 Å². The minimum atomic E-state index is -0.301. The van der Waals surface area contributed by atoms with Crippen LogP contribution in [0.5, 0.6) is 0 Å². The molecule has 3 heterocycles. The Balaban J connectivity index is 1.88. The highest BCUT2D eigenvalue weighted by atomic mass is 16.5. The third-order valence-corrected chi connectivity index (χ3v) is 4.87. The molecule has 0 aliphatic carbocycles. The van der Waals surface area contributed by atoms with Gasteiger partial charge >= 0.3 is 0 Å². The van der Waals surface area contributed by atoms with Gasteiger partial charge in [-0.1, -0.05) is 6.07 Å². The average Bonchev–Trinajstić information content (AvgIpc) is 2.72. The van der Waals surface area contributed by atoms with Crippen molar-refractivity contribution >= 4 is 11.8 Å². The third kappa shape index (κ3) is 3.08. The van der Waals surface area contributed by atoms with Crippen molar-refractivity contribution < 1.29 is 14.3 Å². The molecule has 1 aromatic rings. The number of pyridine rings is 1. The van der Waals surface area contributed by atoms with Crippen molar-refractivity contribution in [3.05, 3.63) is 30.1 Å². The largest absolute Gasteiger partial charge is 0.381 e. The fourth-order valence-electron chi connectivity index (χ4n) is 3.67. The summed E-state index contributed by atoms with van der Waals surface area (Å²) in [6, 6.07) is 5.33. The minimum Gasteiger partial charge on any atom is -0.381 e. The summed E-state index contributed by atoms with van der Waals surface area (Å²) in [6.45, 7) is 4.96. The Labute approximate surface area is 136 Å². The third-order valence-electron chi connectivity index (χ3n) is 4.87. The SMILES string of the molecule is CCN1C(=O)CCN(C(=O)c2ccccn2)CC12CCOCC2. The van der Waals surface area contributed by atoms with Gasteiger partial charge in [0.2, 0.25) is 5.91 Å². The maximum atomic E-state index is 12.8. The van der Waals surface area contributed by atoms with E-state index < -0.39 is 0 Å². The fourth-order valence-corrected chi connectivity index (χ4v) is 3.67. The highest BCUT2D eigenvalue weighted by molar-refractivity contribution is 5.93. The zero-order chi connectivity index (χ0) is 16.3. The maximum Gasteiger partial charge on any atom is 0.272 e. The molecule has 2 aliphatic rings. The molecule has 0 atom stereocenters. The van der Waals surface area contributed by atoms with Gasteiger partial charge in [-0.15, -0.1) is 0 Å². The molecule has 2 saturated heterocycles. The van der Waals surface area contributed by atoms with Crippen LogP contribution in [0.2, 0.25) is 0 Å². The number of hydrogen-bond donors (Lipinski definition) is 0. The van der Waals surface area contributed by atoms with E-state index >= 15 is 0 Å². The molecular weight excluding hydrogens is 294 g/mol. The molecule has 23 heavy (non-hydrogen) atoms. The standard InChI is InChI=1S/C17H23N3O3/c1-2-20-15(21)6-10-19(13-17(20)7-11-23-12-8-17)16(22)14-5-3-4-9-18-14/h3-5,9H,2,6-8,10-13H2,1H3. The number of amides is 2. The summed E-state index contributed by atoms with van der Waals surface area (Å²) < 4.78 is 5.49. The zero-order valence-electron chi connectivity index (χ0n) is 13.5. The smallest absolute Gasteiger partial charge is 0.272 e. The van der Waals surface area contributed by atoms with Crippen molar-refractivity contribution in [2.75, 3.05) is 32.8 Å². The molecule has 0 unspecified atom stereocenters. The van der Waals surface area contributed by atoms with Crippen molar-refractivity contribution in [1.82, 2.24) is 14.8 Å². The highest BCUT2D eigenvalue weighted by Crippen LogP contribution is 2.32. The lowest BCUT2D eigenvalue weighted by atomic mass is 9.87. The van der Waals surface area contributed by atoms with Crippen LogP contribution in [0.4, 0.5) is 0 Å². The Morgan fingerprint density at radius 1 is 1.35 bits per heavy atom. The molecule has 0 aromatic carbocycles.